The smallest absolute Gasteiger partial charge is 0.292 e. The van der Waals surface area contributed by atoms with Crippen molar-refractivity contribution in [2.24, 2.45) is 0 Å². The standard InChI is InChI=1S/C21H28N4O6S/c1-4-24(5-2)32(29,30)20-15-16(11-12-19(20)31-6-3)23-21(26)13-14-22-17-9-7-8-10-18(17)25(27)28/h7-12,15,22H,4-6,13-14H2,1-3H3,(H,23,26). The Balaban J connectivity index is 2.12. The fraction of sp³-hybridized carbons (Fsp3) is 0.381. The van der Waals surface area contributed by atoms with Crippen molar-refractivity contribution >= 4 is 33.0 Å². The molecule has 0 radical (unpaired) electrons. The maximum absolute atomic E-state index is 13.0. The largest absolute Gasteiger partial charge is 0.492 e. The number of para-hydroxylation sites is 2. The third kappa shape index (κ3) is 6.17. The van der Waals surface area contributed by atoms with E-state index in [1.165, 1.54) is 22.5 Å². The molecule has 10 nitrogen and oxygen atoms in total. The molecular weight excluding hydrogens is 436 g/mol. The molecule has 32 heavy (non-hydrogen) atoms. The fourth-order valence-corrected chi connectivity index (χ4v) is 4.70. The maximum atomic E-state index is 13.0. The Kier molecular flexibility index (Phi) is 8.97. The third-order valence-electron chi connectivity index (χ3n) is 4.62. The number of nitro groups is 1. The van der Waals surface area contributed by atoms with Gasteiger partial charge in [-0.2, -0.15) is 4.31 Å². The molecule has 0 aliphatic rings. The number of carbonyl (C=O) groups is 1. The van der Waals surface area contributed by atoms with E-state index in [4.69, 9.17) is 4.74 Å². The molecule has 1 amide bonds. The minimum Gasteiger partial charge on any atom is -0.492 e. The second-order valence-electron chi connectivity index (χ2n) is 6.68. The summed E-state index contributed by atoms with van der Waals surface area (Å²) >= 11 is 0. The summed E-state index contributed by atoms with van der Waals surface area (Å²) in [5, 5.41) is 16.6. The van der Waals surface area contributed by atoms with Gasteiger partial charge >= 0.3 is 0 Å². The molecule has 174 valence electrons. The minimum absolute atomic E-state index is 0.0149. The lowest BCUT2D eigenvalue weighted by Crippen LogP contribution is -2.31. The topological polar surface area (TPSA) is 131 Å². The van der Waals surface area contributed by atoms with Gasteiger partial charge in [0.25, 0.3) is 5.69 Å². The monoisotopic (exact) mass is 464 g/mol. The van der Waals surface area contributed by atoms with Gasteiger partial charge in [-0.15, -0.1) is 0 Å². The number of carbonyl (C=O) groups excluding carboxylic acids is 1. The zero-order valence-electron chi connectivity index (χ0n) is 18.3. The Bertz CT molecular complexity index is 1050. The number of hydrogen-bond acceptors (Lipinski definition) is 7. The van der Waals surface area contributed by atoms with Gasteiger partial charge in [-0.3, -0.25) is 14.9 Å². The van der Waals surface area contributed by atoms with Crippen molar-refractivity contribution in [2.75, 3.05) is 36.9 Å². The summed E-state index contributed by atoms with van der Waals surface area (Å²) in [6.07, 6.45) is 0.0252. The molecule has 0 aliphatic carbocycles. The van der Waals surface area contributed by atoms with E-state index in [9.17, 15) is 23.3 Å². The maximum Gasteiger partial charge on any atom is 0.292 e. The number of rotatable bonds is 12. The molecule has 0 aliphatic heterocycles. The summed E-state index contributed by atoms with van der Waals surface area (Å²) < 4.78 is 32.8. The Hall–Kier alpha value is -3.18. The molecule has 2 aromatic carbocycles. The van der Waals surface area contributed by atoms with Crippen LogP contribution in [0.15, 0.2) is 47.4 Å². The van der Waals surface area contributed by atoms with Crippen molar-refractivity contribution in [2.45, 2.75) is 32.1 Å². The fourth-order valence-electron chi connectivity index (χ4n) is 3.08. The van der Waals surface area contributed by atoms with Crippen LogP contribution in [0.25, 0.3) is 0 Å². The van der Waals surface area contributed by atoms with Crippen molar-refractivity contribution in [3.63, 3.8) is 0 Å². The molecule has 0 bridgehead atoms. The summed E-state index contributed by atoms with van der Waals surface area (Å²) in [4.78, 5) is 22.9. The summed E-state index contributed by atoms with van der Waals surface area (Å²) in [6.45, 7) is 6.32. The number of nitrogens with one attached hydrogen (secondary N) is 2. The van der Waals surface area contributed by atoms with E-state index in [2.05, 4.69) is 10.6 Å². The van der Waals surface area contributed by atoms with Crippen molar-refractivity contribution in [1.29, 1.82) is 0 Å². The second kappa shape index (κ2) is 11.4. The van der Waals surface area contributed by atoms with E-state index in [0.29, 0.717) is 31.1 Å². The Morgan fingerprint density at radius 2 is 1.81 bits per heavy atom. The van der Waals surface area contributed by atoms with Gasteiger partial charge in [-0.05, 0) is 31.2 Å². The number of ether oxygens (including phenoxy) is 1. The Labute approximate surface area is 187 Å². The van der Waals surface area contributed by atoms with E-state index in [-0.39, 0.29) is 35.2 Å². The molecule has 2 rings (SSSR count). The summed E-state index contributed by atoms with van der Waals surface area (Å²) in [5.41, 5.74) is 0.555. The number of benzene rings is 2. The molecule has 0 fully saturated rings. The zero-order valence-corrected chi connectivity index (χ0v) is 19.1. The average Bonchev–Trinajstić information content (AvgIpc) is 2.75. The van der Waals surface area contributed by atoms with Crippen LogP contribution in [-0.4, -0.2) is 49.8 Å². The van der Waals surface area contributed by atoms with Crippen LogP contribution in [0.4, 0.5) is 17.1 Å². The number of nitrogens with zero attached hydrogens (tertiary/aromatic N) is 2. The van der Waals surface area contributed by atoms with Gasteiger partial charge in [0.15, 0.2) is 0 Å². The highest BCUT2D eigenvalue weighted by Gasteiger charge is 2.26. The zero-order chi connectivity index (χ0) is 23.7. The summed E-state index contributed by atoms with van der Waals surface area (Å²) in [7, 11) is -3.80. The molecule has 2 aromatic rings. The van der Waals surface area contributed by atoms with Crippen molar-refractivity contribution in [1.82, 2.24) is 4.31 Å². The quantitative estimate of drug-likeness (QED) is 0.363. The molecular formula is C21H28N4O6S. The van der Waals surface area contributed by atoms with Crippen LogP contribution in [0.3, 0.4) is 0 Å². The first-order chi connectivity index (χ1) is 15.2. The second-order valence-corrected chi connectivity index (χ2v) is 8.59. The minimum atomic E-state index is -3.80. The van der Waals surface area contributed by atoms with Crippen molar-refractivity contribution in [3.8, 4) is 5.75 Å². The molecule has 11 heteroatoms. The first kappa shape index (κ1) is 25.1. The van der Waals surface area contributed by atoms with Crippen LogP contribution in [0, 0.1) is 10.1 Å². The normalized spacial score (nSPS) is 11.2. The van der Waals surface area contributed by atoms with E-state index in [0.717, 1.165) is 0 Å². The molecule has 0 atom stereocenters. The molecule has 0 heterocycles. The molecule has 0 unspecified atom stereocenters. The first-order valence-electron chi connectivity index (χ1n) is 10.3. The molecule has 0 spiro atoms. The SMILES string of the molecule is CCOc1ccc(NC(=O)CCNc2ccccc2[N+](=O)[O-])cc1S(=O)(=O)N(CC)CC. The van der Waals surface area contributed by atoms with Crippen LogP contribution >= 0.6 is 0 Å². The van der Waals surface area contributed by atoms with Crippen LogP contribution in [0.2, 0.25) is 0 Å². The van der Waals surface area contributed by atoms with E-state index < -0.39 is 14.9 Å². The molecule has 0 saturated carbocycles. The van der Waals surface area contributed by atoms with Gasteiger partial charge in [0, 0.05) is 37.8 Å². The third-order valence-corrected chi connectivity index (χ3v) is 6.69. The van der Waals surface area contributed by atoms with Gasteiger partial charge in [0.1, 0.15) is 16.3 Å². The van der Waals surface area contributed by atoms with Gasteiger partial charge < -0.3 is 15.4 Å². The van der Waals surface area contributed by atoms with Crippen molar-refractivity contribution in [3.05, 3.63) is 52.6 Å². The lowest BCUT2D eigenvalue weighted by atomic mass is 10.2. The Morgan fingerprint density at radius 3 is 2.44 bits per heavy atom. The highest BCUT2D eigenvalue weighted by Crippen LogP contribution is 2.30. The molecule has 0 saturated heterocycles. The van der Waals surface area contributed by atoms with Crippen LogP contribution < -0.4 is 15.4 Å². The predicted octanol–water partition coefficient (Wildman–Crippen LogP) is 3.46. The Morgan fingerprint density at radius 1 is 1.12 bits per heavy atom. The number of hydrogen-bond donors (Lipinski definition) is 2. The summed E-state index contributed by atoms with van der Waals surface area (Å²) in [6, 6.07) is 10.6. The van der Waals surface area contributed by atoms with Crippen LogP contribution in [0.5, 0.6) is 5.75 Å². The number of anilines is 2. The van der Waals surface area contributed by atoms with Crippen molar-refractivity contribution < 1.29 is 22.9 Å². The van der Waals surface area contributed by atoms with Gasteiger partial charge in [0.2, 0.25) is 15.9 Å². The highest BCUT2D eigenvalue weighted by molar-refractivity contribution is 7.89. The number of amides is 1. The summed E-state index contributed by atoms with van der Waals surface area (Å²) in [5.74, 6) is -0.151. The van der Waals surface area contributed by atoms with Crippen LogP contribution in [0.1, 0.15) is 27.2 Å². The lowest BCUT2D eigenvalue weighted by Gasteiger charge is -2.21. The predicted molar refractivity (Wildman–Crippen MR) is 123 cm³/mol. The average molecular weight is 465 g/mol. The molecule has 0 aromatic heterocycles. The van der Waals surface area contributed by atoms with Gasteiger partial charge in [-0.25, -0.2) is 8.42 Å². The highest BCUT2D eigenvalue weighted by atomic mass is 32.2. The van der Waals surface area contributed by atoms with Crippen LogP contribution in [-0.2, 0) is 14.8 Å². The van der Waals surface area contributed by atoms with E-state index >= 15 is 0 Å². The first-order valence-corrected chi connectivity index (χ1v) is 11.7. The van der Waals surface area contributed by atoms with Gasteiger partial charge in [-0.1, -0.05) is 26.0 Å². The van der Waals surface area contributed by atoms with Gasteiger partial charge in [0.05, 0.1) is 11.5 Å². The van der Waals surface area contributed by atoms with E-state index in [1.807, 2.05) is 0 Å². The molecule has 2 N–H and O–H groups in total. The lowest BCUT2D eigenvalue weighted by molar-refractivity contribution is -0.384. The number of nitro benzene ring substituents is 1. The number of sulfonamides is 1. The van der Waals surface area contributed by atoms with E-state index in [1.54, 1.807) is 45.0 Å².